The summed E-state index contributed by atoms with van der Waals surface area (Å²) in [5, 5.41) is 5.47. The van der Waals surface area contributed by atoms with Crippen molar-refractivity contribution in [1.29, 1.82) is 0 Å². The molecule has 1 aromatic carbocycles. The number of carbonyl (C=O) groups excluding carboxylic acids is 3. The van der Waals surface area contributed by atoms with Gasteiger partial charge in [0.2, 0.25) is 0 Å². The minimum absolute atomic E-state index is 0.250. The van der Waals surface area contributed by atoms with Gasteiger partial charge in [-0.1, -0.05) is 0 Å². The lowest BCUT2D eigenvalue weighted by molar-refractivity contribution is -0.122. The molecule has 1 aliphatic heterocycles. The predicted molar refractivity (Wildman–Crippen MR) is 94.7 cm³/mol. The van der Waals surface area contributed by atoms with E-state index in [0.29, 0.717) is 33.9 Å². The molecule has 136 valence electrons. The van der Waals surface area contributed by atoms with Crippen LogP contribution in [0.1, 0.15) is 39.0 Å². The van der Waals surface area contributed by atoms with Crippen molar-refractivity contribution < 1.29 is 23.9 Å². The van der Waals surface area contributed by atoms with Crippen molar-refractivity contribution in [3.05, 3.63) is 40.7 Å². The zero-order valence-corrected chi connectivity index (χ0v) is 14.9. The van der Waals surface area contributed by atoms with E-state index in [9.17, 15) is 14.4 Å². The van der Waals surface area contributed by atoms with E-state index in [4.69, 9.17) is 9.47 Å². The average molecular weight is 357 g/mol. The van der Waals surface area contributed by atoms with Gasteiger partial charge in [0.25, 0.3) is 11.8 Å². The molecule has 2 amide bonds. The molecule has 2 aromatic rings. The van der Waals surface area contributed by atoms with Crippen LogP contribution < -0.4 is 15.4 Å². The molecule has 3 N–H and O–H groups in total. The van der Waals surface area contributed by atoms with Crippen molar-refractivity contribution in [2.45, 2.75) is 26.9 Å². The van der Waals surface area contributed by atoms with E-state index in [1.807, 2.05) is 0 Å². The van der Waals surface area contributed by atoms with Gasteiger partial charge in [0, 0.05) is 11.4 Å². The number of fused-ring (bicyclic) bond motifs is 1. The summed E-state index contributed by atoms with van der Waals surface area (Å²) in [7, 11) is 1.29. The van der Waals surface area contributed by atoms with Gasteiger partial charge in [0.1, 0.15) is 11.4 Å². The van der Waals surface area contributed by atoms with E-state index in [1.54, 1.807) is 39.0 Å². The van der Waals surface area contributed by atoms with Crippen LogP contribution in [-0.4, -0.2) is 36.0 Å². The summed E-state index contributed by atoms with van der Waals surface area (Å²) < 4.78 is 10.2. The third-order valence-corrected chi connectivity index (χ3v) is 4.22. The highest BCUT2D eigenvalue weighted by atomic mass is 16.5. The average Bonchev–Trinajstić information content (AvgIpc) is 2.90. The van der Waals surface area contributed by atoms with Crippen LogP contribution in [0.5, 0.6) is 5.75 Å². The number of benzene rings is 1. The van der Waals surface area contributed by atoms with Crippen molar-refractivity contribution in [2.75, 3.05) is 17.7 Å². The quantitative estimate of drug-likeness (QED) is 0.731. The SMILES string of the molecule is COC(=O)c1c(C)[nH]c(C(=O)Nc2ccc3c(c2)NC(=O)C(C)O3)c1C. The molecule has 0 radical (unpaired) electrons. The summed E-state index contributed by atoms with van der Waals surface area (Å²) in [6.45, 7) is 5.03. The summed E-state index contributed by atoms with van der Waals surface area (Å²) in [4.78, 5) is 39.1. The maximum absolute atomic E-state index is 12.6. The monoisotopic (exact) mass is 357 g/mol. The predicted octanol–water partition coefficient (Wildman–Crippen LogP) is 2.39. The minimum Gasteiger partial charge on any atom is -0.479 e. The number of amides is 2. The molecular weight excluding hydrogens is 338 g/mol. The van der Waals surface area contributed by atoms with E-state index in [0.717, 1.165) is 0 Å². The number of rotatable bonds is 3. The van der Waals surface area contributed by atoms with Gasteiger partial charge in [-0.3, -0.25) is 9.59 Å². The number of anilines is 2. The molecule has 1 aromatic heterocycles. The third kappa shape index (κ3) is 3.01. The molecule has 0 saturated heterocycles. The Balaban J connectivity index is 1.84. The Bertz CT molecular complexity index is 916. The number of esters is 1. The van der Waals surface area contributed by atoms with Crippen LogP contribution in [-0.2, 0) is 9.53 Å². The summed E-state index contributed by atoms with van der Waals surface area (Å²) >= 11 is 0. The molecule has 1 aliphatic rings. The van der Waals surface area contributed by atoms with Crippen molar-refractivity contribution in [3.8, 4) is 5.75 Å². The van der Waals surface area contributed by atoms with Crippen LogP contribution in [0, 0.1) is 13.8 Å². The number of aryl methyl sites for hydroxylation is 1. The molecule has 8 nitrogen and oxygen atoms in total. The highest BCUT2D eigenvalue weighted by Gasteiger charge is 2.25. The molecule has 0 aliphatic carbocycles. The Morgan fingerprint density at radius 1 is 1.27 bits per heavy atom. The third-order valence-electron chi connectivity index (χ3n) is 4.22. The summed E-state index contributed by atoms with van der Waals surface area (Å²) in [5.41, 5.74) is 2.65. The van der Waals surface area contributed by atoms with Gasteiger partial charge in [-0.2, -0.15) is 0 Å². The smallest absolute Gasteiger partial charge is 0.339 e. The zero-order chi connectivity index (χ0) is 19.0. The number of methoxy groups -OCH3 is 1. The largest absolute Gasteiger partial charge is 0.479 e. The van der Waals surface area contributed by atoms with Crippen molar-refractivity contribution in [1.82, 2.24) is 4.98 Å². The molecule has 3 rings (SSSR count). The minimum atomic E-state index is -0.566. The number of carbonyl (C=O) groups is 3. The highest BCUT2D eigenvalue weighted by molar-refractivity contribution is 6.07. The molecule has 2 heterocycles. The van der Waals surface area contributed by atoms with E-state index in [2.05, 4.69) is 15.6 Å². The first-order valence-corrected chi connectivity index (χ1v) is 8.02. The molecule has 26 heavy (non-hydrogen) atoms. The van der Waals surface area contributed by atoms with Crippen LogP contribution in [0.4, 0.5) is 11.4 Å². The number of hydrogen-bond donors (Lipinski definition) is 3. The summed E-state index contributed by atoms with van der Waals surface area (Å²) in [5.74, 6) is -0.621. The Morgan fingerprint density at radius 3 is 2.69 bits per heavy atom. The van der Waals surface area contributed by atoms with Gasteiger partial charge in [0.15, 0.2) is 6.10 Å². The first-order valence-electron chi connectivity index (χ1n) is 8.02. The topological polar surface area (TPSA) is 110 Å². The fraction of sp³-hybridized carbons (Fsp3) is 0.278. The standard InChI is InChI=1S/C18H19N3O5/c1-8-14(18(24)25-4)9(2)19-15(8)17(23)20-11-5-6-13-12(7-11)21-16(22)10(3)26-13/h5-7,10,19H,1-4H3,(H,20,23)(H,21,22). The Kier molecular flexibility index (Phi) is 4.41. The second kappa shape index (κ2) is 6.55. The highest BCUT2D eigenvalue weighted by Crippen LogP contribution is 2.32. The van der Waals surface area contributed by atoms with Gasteiger partial charge in [-0.15, -0.1) is 0 Å². The Labute approximate surface area is 149 Å². The second-order valence-electron chi connectivity index (χ2n) is 6.03. The van der Waals surface area contributed by atoms with Crippen LogP contribution >= 0.6 is 0 Å². The van der Waals surface area contributed by atoms with E-state index < -0.39 is 18.0 Å². The molecular formula is C18H19N3O5. The number of H-pyrrole nitrogens is 1. The van der Waals surface area contributed by atoms with Crippen LogP contribution in [0.15, 0.2) is 18.2 Å². The summed E-state index contributed by atoms with van der Waals surface area (Å²) in [6.07, 6.45) is -0.566. The van der Waals surface area contributed by atoms with Crippen molar-refractivity contribution in [3.63, 3.8) is 0 Å². The van der Waals surface area contributed by atoms with E-state index >= 15 is 0 Å². The summed E-state index contributed by atoms with van der Waals surface area (Å²) in [6, 6.07) is 4.96. The van der Waals surface area contributed by atoms with Crippen LogP contribution in [0.2, 0.25) is 0 Å². The molecule has 0 spiro atoms. The number of ether oxygens (including phenoxy) is 2. The van der Waals surface area contributed by atoms with Gasteiger partial charge in [-0.05, 0) is 44.5 Å². The van der Waals surface area contributed by atoms with Gasteiger partial charge in [-0.25, -0.2) is 4.79 Å². The lowest BCUT2D eigenvalue weighted by atomic mass is 10.1. The number of aromatic amines is 1. The lowest BCUT2D eigenvalue weighted by Crippen LogP contribution is -2.34. The number of aromatic nitrogens is 1. The van der Waals surface area contributed by atoms with Crippen LogP contribution in [0.25, 0.3) is 0 Å². The fourth-order valence-corrected chi connectivity index (χ4v) is 2.87. The lowest BCUT2D eigenvalue weighted by Gasteiger charge is -2.23. The molecule has 1 unspecified atom stereocenters. The van der Waals surface area contributed by atoms with E-state index in [1.165, 1.54) is 7.11 Å². The Morgan fingerprint density at radius 2 is 2.00 bits per heavy atom. The zero-order valence-electron chi connectivity index (χ0n) is 14.9. The van der Waals surface area contributed by atoms with Crippen LogP contribution in [0.3, 0.4) is 0 Å². The molecule has 8 heteroatoms. The molecule has 0 saturated carbocycles. The molecule has 1 atom stereocenters. The van der Waals surface area contributed by atoms with Crippen molar-refractivity contribution >= 4 is 29.2 Å². The molecule has 0 bridgehead atoms. The maximum Gasteiger partial charge on any atom is 0.339 e. The first-order chi connectivity index (χ1) is 12.3. The van der Waals surface area contributed by atoms with Crippen molar-refractivity contribution in [2.24, 2.45) is 0 Å². The maximum atomic E-state index is 12.6. The van der Waals surface area contributed by atoms with Gasteiger partial charge >= 0.3 is 5.97 Å². The number of hydrogen-bond acceptors (Lipinski definition) is 5. The Hall–Kier alpha value is -3.29. The molecule has 0 fully saturated rings. The second-order valence-corrected chi connectivity index (χ2v) is 6.03. The number of nitrogens with one attached hydrogen (secondary N) is 3. The normalized spacial score (nSPS) is 15.5. The van der Waals surface area contributed by atoms with E-state index in [-0.39, 0.29) is 11.6 Å². The van der Waals surface area contributed by atoms with Gasteiger partial charge in [0.05, 0.1) is 18.4 Å². The fourth-order valence-electron chi connectivity index (χ4n) is 2.87. The van der Waals surface area contributed by atoms with Gasteiger partial charge < -0.3 is 25.1 Å². The first kappa shape index (κ1) is 17.5.